The number of benzene rings is 1. The Morgan fingerprint density at radius 3 is 2.61 bits per heavy atom. The number of aryl methyl sites for hydroxylation is 1. The minimum Gasteiger partial charge on any atom is -0.469 e. The lowest BCUT2D eigenvalue weighted by molar-refractivity contribution is -0.118. The first-order chi connectivity index (χ1) is 13.5. The van der Waals surface area contributed by atoms with Crippen molar-refractivity contribution in [3.05, 3.63) is 48.4 Å². The van der Waals surface area contributed by atoms with Gasteiger partial charge in [0.25, 0.3) is 0 Å². The van der Waals surface area contributed by atoms with Crippen molar-refractivity contribution in [2.24, 2.45) is 12.8 Å². The summed E-state index contributed by atoms with van der Waals surface area (Å²) >= 11 is 1.29. The molecule has 0 bridgehead atoms. The van der Waals surface area contributed by atoms with Gasteiger partial charge < -0.3 is 19.6 Å². The van der Waals surface area contributed by atoms with Crippen LogP contribution in [0.3, 0.4) is 0 Å². The van der Waals surface area contributed by atoms with Crippen molar-refractivity contribution in [2.45, 2.75) is 18.5 Å². The molecule has 2 amide bonds. The first-order valence-corrected chi connectivity index (χ1v) is 9.66. The van der Waals surface area contributed by atoms with Gasteiger partial charge in [-0.15, -0.1) is 10.2 Å². The molecule has 146 valence electrons. The van der Waals surface area contributed by atoms with E-state index >= 15 is 0 Å². The zero-order valence-corrected chi connectivity index (χ0v) is 16.5. The van der Waals surface area contributed by atoms with Crippen LogP contribution in [0, 0.1) is 6.92 Å². The summed E-state index contributed by atoms with van der Waals surface area (Å²) in [7, 11) is 1.84. The molecule has 2 heterocycles. The van der Waals surface area contributed by atoms with Crippen LogP contribution >= 0.6 is 11.8 Å². The van der Waals surface area contributed by atoms with Gasteiger partial charge in [-0.2, -0.15) is 0 Å². The van der Waals surface area contributed by atoms with Crippen LogP contribution in [-0.2, 0) is 16.6 Å². The molecule has 0 saturated heterocycles. The number of primary amides is 1. The zero-order chi connectivity index (χ0) is 20.1. The Labute approximate surface area is 166 Å². The van der Waals surface area contributed by atoms with E-state index in [1.165, 1.54) is 11.8 Å². The third kappa shape index (κ3) is 4.42. The van der Waals surface area contributed by atoms with Crippen molar-refractivity contribution in [3.63, 3.8) is 0 Å². The Balaban J connectivity index is 1.72. The van der Waals surface area contributed by atoms with Gasteiger partial charge in [-0.1, -0.05) is 30.0 Å². The Kier molecular flexibility index (Phi) is 6.15. The number of carbonyl (C=O) groups excluding carboxylic acids is 2. The topological polar surface area (TPSA) is 107 Å². The molecule has 8 nitrogen and oxygen atoms in total. The highest BCUT2D eigenvalue weighted by Gasteiger charge is 2.19. The Hall–Kier alpha value is -3.07. The van der Waals surface area contributed by atoms with E-state index in [0.29, 0.717) is 11.0 Å². The predicted octanol–water partition coefficient (Wildman–Crippen LogP) is 2.38. The number of aromatic nitrogens is 3. The van der Waals surface area contributed by atoms with E-state index < -0.39 is 5.91 Å². The van der Waals surface area contributed by atoms with E-state index in [0.717, 1.165) is 17.0 Å². The molecule has 0 saturated carbocycles. The lowest BCUT2D eigenvalue weighted by Crippen LogP contribution is -2.35. The molecule has 0 aliphatic heterocycles. The normalized spacial score (nSPS) is 10.8. The van der Waals surface area contributed by atoms with E-state index in [-0.39, 0.29) is 24.6 Å². The van der Waals surface area contributed by atoms with Gasteiger partial charge >= 0.3 is 0 Å². The summed E-state index contributed by atoms with van der Waals surface area (Å²) in [6, 6.07) is 11.0. The SMILES string of the molecule is Cc1occc1-c1nnc(SCC(=O)N(CCC(N)=O)c2ccccc2)n1C. The number of para-hydroxylation sites is 1. The number of nitrogens with two attached hydrogens (primary N) is 1. The molecule has 3 aromatic rings. The summed E-state index contributed by atoms with van der Waals surface area (Å²) in [6.45, 7) is 2.09. The number of thioether (sulfide) groups is 1. The van der Waals surface area contributed by atoms with Crippen LogP contribution < -0.4 is 10.6 Å². The molecule has 2 N–H and O–H groups in total. The molecule has 0 fully saturated rings. The van der Waals surface area contributed by atoms with Gasteiger partial charge in [0.2, 0.25) is 11.8 Å². The molecule has 2 aromatic heterocycles. The van der Waals surface area contributed by atoms with Gasteiger partial charge in [0.1, 0.15) is 5.76 Å². The number of anilines is 1. The number of rotatable bonds is 8. The van der Waals surface area contributed by atoms with Crippen molar-refractivity contribution in [1.29, 1.82) is 0 Å². The predicted molar refractivity (Wildman–Crippen MR) is 107 cm³/mol. The van der Waals surface area contributed by atoms with Crippen molar-refractivity contribution in [3.8, 4) is 11.4 Å². The van der Waals surface area contributed by atoms with Gasteiger partial charge in [-0.25, -0.2) is 0 Å². The highest BCUT2D eigenvalue weighted by atomic mass is 32.2. The summed E-state index contributed by atoms with van der Waals surface area (Å²) in [5.41, 5.74) is 6.84. The minimum absolute atomic E-state index is 0.0964. The summed E-state index contributed by atoms with van der Waals surface area (Å²) < 4.78 is 7.15. The van der Waals surface area contributed by atoms with Crippen molar-refractivity contribution in [2.75, 3.05) is 17.2 Å². The highest BCUT2D eigenvalue weighted by molar-refractivity contribution is 7.99. The maximum atomic E-state index is 12.8. The van der Waals surface area contributed by atoms with E-state index in [2.05, 4.69) is 10.2 Å². The van der Waals surface area contributed by atoms with Crippen LogP contribution in [0.15, 0.2) is 52.2 Å². The van der Waals surface area contributed by atoms with Gasteiger partial charge in [-0.05, 0) is 25.1 Å². The second-order valence-corrected chi connectivity index (χ2v) is 7.08. The van der Waals surface area contributed by atoms with Crippen LogP contribution in [0.2, 0.25) is 0 Å². The van der Waals surface area contributed by atoms with E-state index in [4.69, 9.17) is 10.2 Å². The zero-order valence-electron chi connectivity index (χ0n) is 15.7. The minimum atomic E-state index is -0.449. The maximum Gasteiger partial charge on any atom is 0.237 e. The Morgan fingerprint density at radius 1 is 1.21 bits per heavy atom. The van der Waals surface area contributed by atoms with Gasteiger partial charge in [0, 0.05) is 25.7 Å². The lowest BCUT2D eigenvalue weighted by Gasteiger charge is -2.22. The largest absolute Gasteiger partial charge is 0.469 e. The molecule has 0 atom stereocenters. The fourth-order valence-corrected chi connectivity index (χ4v) is 3.51. The van der Waals surface area contributed by atoms with Crippen LogP contribution in [0.25, 0.3) is 11.4 Å². The quantitative estimate of drug-likeness (QED) is 0.583. The molecule has 0 spiro atoms. The Morgan fingerprint density at radius 2 is 1.96 bits per heavy atom. The molecular formula is C19H21N5O3S. The van der Waals surface area contributed by atoms with Gasteiger partial charge in [0.15, 0.2) is 11.0 Å². The number of hydrogen-bond acceptors (Lipinski definition) is 6. The van der Waals surface area contributed by atoms with Crippen LogP contribution in [0.5, 0.6) is 0 Å². The summed E-state index contributed by atoms with van der Waals surface area (Å²) in [5.74, 6) is 1.00. The molecule has 0 aliphatic rings. The molecule has 0 radical (unpaired) electrons. The molecule has 3 rings (SSSR count). The van der Waals surface area contributed by atoms with Crippen LogP contribution in [-0.4, -0.2) is 38.9 Å². The third-order valence-corrected chi connectivity index (χ3v) is 5.22. The monoisotopic (exact) mass is 399 g/mol. The number of amides is 2. The smallest absolute Gasteiger partial charge is 0.237 e. The van der Waals surface area contributed by atoms with E-state index in [1.807, 2.05) is 54.9 Å². The second-order valence-electron chi connectivity index (χ2n) is 6.14. The number of nitrogens with zero attached hydrogens (tertiary/aromatic N) is 4. The average Bonchev–Trinajstić information content (AvgIpc) is 3.26. The van der Waals surface area contributed by atoms with E-state index in [1.54, 1.807) is 11.2 Å². The maximum absolute atomic E-state index is 12.8. The van der Waals surface area contributed by atoms with Gasteiger partial charge in [-0.3, -0.25) is 9.59 Å². The third-order valence-electron chi connectivity index (χ3n) is 4.21. The number of hydrogen-bond donors (Lipinski definition) is 1. The standard InChI is InChI=1S/C19H21N5O3S/c1-13-15(9-11-27-13)18-21-22-19(23(18)2)28-12-17(26)24(10-8-16(20)25)14-6-4-3-5-7-14/h3-7,9,11H,8,10,12H2,1-2H3,(H2,20,25). The fraction of sp³-hybridized carbons (Fsp3) is 0.263. The molecule has 28 heavy (non-hydrogen) atoms. The molecule has 1 aromatic carbocycles. The lowest BCUT2D eigenvalue weighted by atomic mass is 10.2. The van der Waals surface area contributed by atoms with Crippen molar-refractivity contribution in [1.82, 2.24) is 14.8 Å². The molecule has 0 unspecified atom stereocenters. The van der Waals surface area contributed by atoms with E-state index in [9.17, 15) is 9.59 Å². The summed E-state index contributed by atoms with van der Waals surface area (Å²) in [6.07, 6.45) is 1.70. The first-order valence-electron chi connectivity index (χ1n) is 8.67. The average molecular weight is 399 g/mol. The number of carbonyl (C=O) groups is 2. The summed E-state index contributed by atoms with van der Waals surface area (Å²) in [5, 5.41) is 9.00. The first kappa shape index (κ1) is 19.7. The van der Waals surface area contributed by atoms with Crippen LogP contribution in [0.1, 0.15) is 12.2 Å². The van der Waals surface area contributed by atoms with Crippen molar-refractivity contribution < 1.29 is 14.0 Å². The van der Waals surface area contributed by atoms with Crippen molar-refractivity contribution >= 4 is 29.3 Å². The van der Waals surface area contributed by atoms with Crippen LogP contribution in [0.4, 0.5) is 5.69 Å². The Bertz CT molecular complexity index is 967. The molecule has 0 aliphatic carbocycles. The molecule has 9 heteroatoms. The molecular weight excluding hydrogens is 378 g/mol. The second kappa shape index (κ2) is 8.75. The highest BCUT2D eigenvalue weighted by Crippen LogP contribution is 2.26. The number of furan rings is 1. The summed E-state index contributed by atoms with van der Waals surface area (Å²) in [4.78, 5) is 25.5. The van der Waals surface area contributed by atoms with Gasteiger partial charge in [0.05, 0.1) is 17.6 Å². The fourth-order valence-electron chi connectivity index (χ4n) is 2.72.